The number of aromatic nitrogens is 2. The predicted octanol–water partition coefficient (Wildman–Crippen LogP) is 3.74. The lowest BCUT2D eigenvalue weighted by molar-refractivity contribution is 0.624. The minimum absolute atomic E-state index is 0.215. The summed E-state index contributed by atoms with van der Waals surface area (Å²) in [7, 11) is 0. The summed E-state index contributed by atoms with van der Waals surface area (Å²) in [6.45, 7) is 4.05. The summed E-state index contributed by atoms with van der Waals surface area (Å²) in [5.74, 6) is 1.04. The molecule has 0 amide bonds. The van der Waals surface area contributed by atoms with E-state index in [0.717, 1.165) is 49.7 Å². The number of benzene rings is 2. The van der Waals surface area contributed by atoms with Crippen molar-refractivity contribution in [2.24, 2.45) is 0 Å². The van der Waals surface area contributed by atoms with Crippen molar-refractivity contribution in [3.05, 3.63) is 78.0 Å². The zero-order valence-electron chi connectivity index (χ0n) is 16.1. The topological polar surface area (TPSA) is 44.3 Å². The minimum atomic E-state index is -0.225. The van der Waals surface area contributed by atoms with Crippen LogP contribution in [0.5, 0.6) is 0 Å². The van der Waals surface area contributed by atoms with Crippen molar-refractivity contribution in [2.45, 2.75) is 6.42 Å². The molecule has 5 nitrogen and oxygen atoms in total. The summed E-state index contributed by atoms with van der Waals surface area (Å²) >= 11 is 0. The second kappa shape index (κ2) is 8.86. The van der Waals surface area contributed by atoms with Gasteiger partial charge < -0.3 is 15.1 Å². The highest BCUT2D eigenvalue weighted by molar-refractivity contribution is 5.50. The molecule has 0 radical (unpaired) electrons. The van der Waals surface area contributed by atoms with Crippen LogP contribution in [0, 0.1) is 11.6 Å². The first-order chi connectivity index (χ1) is 14.2. The van der Waals surface area contributed by atoms with Crippen LogP contribution in [-0.4, -0.2) is 42.7 Å². The van der Waals surface area contributed by atoms with Gasteiger partial charge in [0.25, 0.3) is 0 Å². The Balaban J connectivity index is 1.30. The predicted molar refractivity (Wildman–Crippen MR) is 111 cm³/mol. The molecule has 0 unspecified atom stereocenters. The van der Waals surface area contributed by atoms with E-state index in [-0.39, 0.29) is 11.6 Å². The van der Waals surface area contributed by atoms with Crippen molar-refractivity contribution in [1.29, 1.82) is 0 Å². The molecule has 0 atom stereocenters. The fourth-order valence-electron chi connectivity index (χ4n) is 3.43. The molecule has 1 saturated heterocycles. The smallest absolute Gasteiger partial charge is 0.224 e. The van der Waals surface area contributed by atoms with Gasteiger partial charge in [0.15, 0.2) is 0 Å². The number of rotatable bonds is 6. The van der Waals surface area contributed by atoms with Gasteiger partial charge in [0, 0.05) is 44.6 Å². The van der Waals surface area contributed by atoms with Gasteiger partial charge in [0.05, 0.1) is 0 Å². The van der Waals surface area contributed by atoms with Crippen LogP contribution in [-0.2, 0) is 6.42 Å². The van der Waals surface area contributed by atoms with Crippen LogP contribution in [0.1, 0.15) is 5.56 Å². The van der Waals surface area contributed by atoms with E-state index < -0.39 is 0 Å². The molecule has 0 spiro atoms. The molecule has 0 aliphatic carbocycles. The SMILES string of the molecule is Fc1ccc(CCNc2nccc(N3CCN(c4ccc(F)cc4)CC3)n2)cc1. The summed E-state index contributed by atoms with van der Waals surface area (Å²) in [5.41, 5.74) is 2.10. The zero-order chi connectivity index (χ0) is 20.1. The van der Waals surface area contributed by atoms with Gasteiger partial charge in [-0.05, 0) is 54.4 Å². The van der Waals surface area contributed by atoms with Crippen LogP contribution in [0.4, 0.5) is 26.2 Å². The van der Waals surface area contributed by atoms with Gasteiger partial charge in [-0.25, -0.2) is 13.8 Å². The van der Waals surface area contributed by atoms with E-state index in [1.165, 1.54) is 24.3 Å². The highest BCUT2D eigenvalue weighted by Gasteiger charge is 2.18. The zero-order valence-corrected chi connectivity index (χ0v) is 16.1. The monoisotopic (exact) mass is 395 g/mol. The molecule has 1 aliphatic heterocycles. The van der Waals surface area contributed by atoms with Gasteiger partial charge in [-0.1, -0.05) is 12.1 Å². The molecule has 2 aromatic carbocycles. The van der Waals surface area contributed by atoms with E-state index in [9.17, 15) is 8.78 Å². The number of hydrogen-bond donors (Lipinski definition) is 1. The van der Waals surface area contributed by atoms with Gasteiger partial charge in [-0.3, -0.25) is 0 Å². The molecule has 29 heavy (non-hydrogen) atoms. The second-order valence-corrected chi connectivity index (χ2v) is 6.99. The van der Waals surface area contributed by atoms with E-state index >= 15 is 0 Å². The molecule has 1 fully saturated rings. The normalized spacial score (nSPS) is 14.1. The van der Waals surface area contributed by atoms with Crippen LogP contribution in [0.2, 0.25) is 0 Å². The van der Waals surface area contributed by atoms with Gasteiger partial charge in [0.1, 0.15) is 17.5 Å². The largest absolute Gasteiger partial charge is 0.368 e. The molecule has 1 aliphatic rings. The Kier molecular flexibility index (Phi) is 5.84. The Hall–Kier alpha value is -3.22. The molecule has 3 aromatic rings. The van der Waals surface area contributed by atoms with Crippen LogP contribution in [0.25, 0.3) is 0 Å². The standard InChI is InChI=1S/C22H23F2N5/c23-18-3-1-17(2-4-18)9-11-25-22-26-12-10-21(27-22)29-15-13-28(14-16-29)20-7-5-19(24)6-8-20/h1-8,10,12H,9,11,13-16H2,(H,25,26,27). The third kappa shape index (κ3) is 4.99. The second-order valence-electron chi connectivity index (χ2n) is 6.99. The van der Waals surface area contributed by atoms with Crippen molar-refractivity contribution < 1.29 is 8.78 Å². The quantitative estimate of drug-likeness (QED) is 0.689. The Morgan fingerprint density at radius 3 is 2.10 bits per heavy atom. The summed E-state index contributed by atoms with van der Waals surface area (Å²) in [6, 6.07) is 15.1. The van der Waals surface area contributed by atoms with Crippen molar-refractivity contribution in [3.63, 3.8) is 0 Å². The molecule has 1 aromatic heterocycles. The minimum Gasteiger partial charge on any atom is -0.368 e. The van der Waals surface area contributed by atoms with Gasteiger partial charge >= 0.3 is 0 Å². The third-order valence-electron chi connectivity index (χ3n) is 5.05. The summed E-state index contributed by atoms with van der Waals surface area (Å²) in [6.07, 6.45) is 2.53. The highest BCUT2D eigenvalue weighted by Crippen LogP contribution is 2.20. The van der Waals surface area contributed by atoms with E-state index in [1.54, 1.807) is 18.3 Å². The van der Waals surface area contributed by atoms with E-state index in [2.05, 4.69) is 25.1 Å². The Morgan fingerprint density at radius 1 is 0.793 bits per heavy atom. The first kappa shape index (κ1) is 19.1. The third-order valence-corrected chi connectivity index (χ3v) is 5.05. The van der Waals surface area contributed by atoms with Gasteiger partial charge in [-0.2, -0.15) is 4.98 Å². The molecular formula is C22H23F2N5. The lowest BCUT2D eigenvalue weighted by Gasteiger charge is -2.36. The van der Waals surface area contributed by atoms with Crippen LogP contribution in [0.3, 0.4) is 0 Å². The molecule has 7 heteroatoms. The number of piperazine rings is 1. The number of nitrogens with one attached hydrogen (secondary N) is 1. The molecule has 2 heterocycles. The number of halogens is 2. The van der Waals surface area contributed by atoms with Crippen molar-refractivity contribution >= 4 is 17.5 Å². The Morgan fingerprint density at radius 2 is 1.41 bits per heavy atom. The van der Waals surface area contributed by atoms with Gasteiger partial charge in [-0.15, -0.1) is 0 Å². The average Bonchev–Trinajstić information content (AvgIpc) is 2.76. The molecule has 0 saturated carbocycles. The fourth-order valence-corrected chi connectivity index (χ4v) is 3.43. The Labute approximate surface area is 169 Å². The van der Waals surface area contributed by atoms with E-state index in [4.69, 9.17) is 0 Å². The lowest BCUT2D eigenvalue weighted by Crippen LogP contribution is -2.46. The maximum Gasteiger partial charge on any atom is 0.224 e. The first-order valence-electron chi connectivity index (χ1n) is 9.74. The van der Waals surface area contributed by atoms with Crippen molar-refractivity contribution in [1.82, 2.24) is 9.97 Å². The van der Waals surface area contributed by atoms with Crippen LogP contribution < -0.4 is 15.1 Å². The van der Waals surface area contributed by atoms with Crippen molar-refractivity contribution in [2.75, 3.05) is 47.8 Å². The summed E-state index contributed by atoms with van der Waals surface area (Å²) in [5, 5.41) is 3.24. The number of nitrogens with zero attached hydrogens (tertiary/aromatic N) is 4. The average molecular weight is 395 g/mol. The first-order valence-corrected chi connectivity index (χ1v) is 9.74. The van der Waals surface area contributed by atoms with Crippen molar-refractivity contribution in [3.8, 4) is 0 Å². The van der Waals surface area contributed by atoms with Crippen LogP contribution in [0.15, 0.2) is 60.8 Å². The molecule has 150 valence electrons. The fraction of sp³-hybridized carbons (Fsp3) is 0.273. The summed E-state index contributed by atoms with van der Waals surface area (Å²) in [4.78, 5) is 13.4. The molecule has 0 bridgehead atoms. The summed E-state index contributed by atoms with van der Waals surface area (Å²) < 4.78 is 26.1. The van der Waals surface area contributed by atoms with Crippen LogP contribution >= 0.6 is 0 Å². The molecule has 4 rings (SSSR count). The Bertz CT molecular complexity index is 923. The lowest BCUT2D eigenvalue weighted by atomic mass is 10.1. The molecular weight excluding hydrogens is 372 g/mol. The highest BCUT2D eigenvalue weighted by atomic mass is 19.1. The van der Waals surface area contributed by atoms with Gasteiger partial charge in [0.2, 0.25) is 5.95 Å². The van der Waals surface area contributed by atoms with E-state index in [0.29, 0.717) is 12.5 Å². The number of hydrogen-bond acceptors (Lipinski definition) is 5. The number of anilines is 3. The maximum absolute atomic E-state index is 13.1. The maximum atomic E-state index is 13.1. The van der Waals surface area contributed by atoms with E-state index in [1.807, 2.05) is 18.2 Å². The molecule has 1 N–H and O–H groups in total.